The zero-order valence-electron chi connectivity index (χ0n) is 13.6. The minimum Gasteiger partial charge on any atom is -0.287 e. The molecule has 1 aromatic carbocycles. The fourth-order valence-electron chi connectivity index (χ4n) is 2.31. The van der Waals surface area contributed by atoms with Gasteiger partial charge in [0.2, 0.25) is 0 Å². The second-order valence-electron chi connectivity index (χ2n) is 5.22. The van der Waals surface area contributed by atoms with Crippen molar-refractivity contribution in [3.8, 4) is 0 Å². The van der Waals surface area contributed by atoms with Gasteiger partial charge in [-0.3, -0.25) is 19.8 Å². The molecule has 1 fully saturated rings. The molecule has 1 saturated heterocycles. The molecule has 1 aromatic heterocycles. The van der Waals surface area contributed by atoms with E-state index in [9.17, 15) is 14.9 Å². The van der Waals surface area contributed by atoms with Crippen LogP contribution in [0.1, 0.15) is 12.5 Å². The van der Waals surface area contributed by atoms with Crippen molar-refractivity contribution in [1.29, 1.82) is 0 Å². The van der Waals surface area contributed by atoms with Crippen LogP contribution in [0, 0.1) is 10.1 Å². The van der Waals surface area contributed by atoms with Crippen LogP contribution < -0.4 is 0 Å². The lowest BCUT2D eigenvalue weighted by Gasteiger charge is -2.12. The number of nitro groups is 1. The highest BCUT2D eigenvalue weighted by Crippen LogP contribution is 2.35. The Bertz CT molecular complexity index is 945. The average molecular weight is 389 g/mol. The molecule has 1 amide bonds. The van der Waals surface area contributed by atoms with Gasteiger partial charge >= 0.3 is 0 Å². The van der Waals surface area contributed by atoms with Crippen LogP contribution >= 0.6 is 23.4 Å². The van der Waals surface area contributed by atoms with Gasteiger partial charge in [0, 0.05) is 24.9 Å². The number of carbonyl (C=O) groups excluding carboxylic acids is 1. The molecule has 0 radical (unpaired) electrons. The number of carbonyl (C=O) groups is 1. The van der Waals surface area contributed by atoms with E-state index >= 15 is 0 Å². The van der Waals surface area contributed by atoms with Crippen molar-refractivity contribution in [2.75, 3.05) is 6.54 Å². The number of thioether (sulfide) groups is 1. The number of pyridine rings is 1. The van der Waals surface area contributed by atoms with E-state index in [4.69, 9.17) is 11.6 Å². The topological polar surface area (TPSA) is 88.7 Å². The number of hydrogen-bond donors (Lipinski definition) is 0. The van der Waals surface area contributed by atoms with Gasteiger partial charge in [-0.2, -0.15) is 0 Å². The number of amidine groups is 1. The molecule has 0 unspecified atom stereocenters. The second-order valence-corrected chi connectivity index (χ2v) is 6.59. The molecule has 3 rings (SSSR count). The molecule has 132 valence electrons. The molecule has 0 N–H and O–H groups in total. The van der Waals surface area contributed by atoms with E-state index in [1.807, 2.05) is 6.92 Å². The fraction of sp³-hybridized carbons (Fsp3) is 0.118. The first-order valence-electron chi connectivity index (χ1n) is 7.64. The molecule has 1 aliphatic rings. The number of amides is 1. The quantitative estimate of drug-likeness (QED) is 0.338. The Morgan fingerprint density at radius 3 is 2.88 bits per heavy atom. The van der Waals surface area contributed by atoms with E-state index in [0.29, 0.717) is 27.9 Å². The highest BCUT2D eigenvalue weighted by molar-refractivity contribution is 8.18. The fourth-order valence-corrected chi connectivity index (χ4v) is 3.53. The van der Waals surface area contributed by atoms with Crippen molar-refractivity contribution in [3.05, 3.63) is 68.3 Å². The molecule has 2 aromatic rings. The average Bonchev–Trinajstić information content (AvgIpc) is 2.92. The number of aliphatic imine (C=N–C) groups is 1. The van der Waals surface area contributed by atoms with Crippen molar-refractivity contribution in [1.82, 2.24) is 9.88 Å². The molecular weight excluding hydrogens is 376 g/mol. The third-order valence-electron chi connectivity index (χ3n) is 3.54. The smallest absolute Gasteiger partial charge is 0.270 e. The Balaban J connectivity index is 1.96. The van der Waals surface area contributed by atoms with Crippen LogP contribution in [0.15, 0.2) is 52.5 Å². The molecule has 9 heteroatoms. The van der Waals surface area contributed by atoms with E-state index in [1.165, 1.54) is 28.8 Å². The van der Waals surface area contributed by atoms with E-state index in [-0.39, 0.29) is 16.7 Å². The number of nitro benzene ring substituents is 1. The van der Waals surface area contributed by atoms with Gasteiger partial charge in [0.05, 0.1) is 9.83 Å². The summed E-state index contributed by atoms with van der Waals surface area (Å²) in [6.07, 6.45) is 3.18. The Kier molecular flexibility index (Phi) is 5.34. The zero-order valence-corrected chi connectivity index (χ0v) is 15.2. The Hall–Kier alpha value is -2.71. The maximum absolute atomic E-state index is 12.6. The Morgan fingerprint density at radius 2 is 2.19 bits per heavy atom. The van der Waals surface area contributed by atoms with Gasteiger partial charge in [-0.1, -0.05) is 23.7 Å². The maximum Gasteiger partial charge on any atom is 0.270 e. The number of likely N-dealkylation sites (N-methyl/N-ethyl adjacent to an activating group) is 1. The van der Waals surface area contributed by atoms with Gasteiger partial charge in [0.15, 0.2) is 10.3 Å². The van der Waals surface area contributed by atoms with Crippen molar-refractivity contribution in [2.45, 2.75) is 6.92 Å². The number of hydrogen-bond acceptors (Lipinski definition) is 6. The first-order chi connectivity index (χ1) is 12.5. The van der Waals surface area contributed by atoms with Crippen LogP contribution in [-0.4, -0.2) is 32.4 Å². The molecule has 7 nitrogen and oxygen atoms in total. The summed E-state index contributed by atoms with van der Waals surface area (Å²) in [7, 11) is 0. The van der Waals surface area contributed by atoms with Crippen molar-refractivity contribution in [3.63, 3.8) is 0 Å². The van der Waals surface area contributed by atoms with Crippen LogP contribution in [0.5, 0.6) is 0 Å². The number of aromatic nitrogens is 1. The molecule has 0 atom stereocenters. The standard InChI is InChI=1S/C17H13ClN4O3S/c1-2-21-16(23)14(10-11-5-3-6-12(9-11)22(24)25)26-17(21)20-13-7-4-8-19-15(13)18/h3-10H,2H2,1H3/b14-10-,20-17?. The third-order valence-corrected chi connectivity index (χ3v) is 4.84. The first-order valence-corrected chi connectivity index (χ1v) is 8.84. The molecule has 0 bridgehead atoms. The van der Waals surface area contributed by atoms with Crippen LogP contribution in [0.25, 0.3) is 6.08 Å². The molecule has 0 aliphatic carbocycles. The lowest BCUT2D eigenvalue weighted by atomic mass is 10.2. The summed E-state index contributed by atoms with van der Waals surface area (Å²) in [5.41, 5.74) is 1.02. The van der Waals surface area contributed by atoms with Gasteiger partial charge < -0.3 is 0 Å². The number of halogens is 1. The van der Waals surface area contributed by atoms with Crippen LogP contribution in [-0.2, 0) is 4.79 Å². The molecule has 0 saturated carbocycles. The number of nitrogens with zero attached hydrogens (tertiary/aromatic N) is 4. The maximum atomic E-state index is 12.6. The van der Waals surface area contributed by atoms with Gasteiger partial charge in [-0.25, -0.2) is 9.98 Å². The predicted molar refractivity (Wildman–Crippen MR) is 102 cm³/mol. The molecule has 2 heterocycles. The third kappa shape index (κ3) is 3.76. The minimum absolute atomic E-state index is 0.0295. The molecule has 0 spiro atoms. The van der Waals surface area contributed by atoms with Crippen LogP contribution in [0.4, 0.5) is 11.4 Å². The van der Waals surface area contributed by atoms with Gasteiger partial charge in [-0.05, 0) is 42.5 Å². The lowest BCUT2D eigenvalue weighted by Crippen LogP contribution is -2.28. The first kappa shape index (κ1) is 18.1. The zero-order chi connectivity index (χ0) is 18.7. The summed E-state index contributed by atoms with van der Waals surface area (Å²) in [4.78, 5) is 33.4. The van der Waals surface area contributed by atoms with E-state index in [1.54, 1.807) is 36.5 Å². The summed E-state index contributed by atoms with van der Waals surface area (Å²) >= 11 is 7.23. The number of non-ortho nitro benzene ring substituents is 1. The monoisotopic (exact) mass is 388 g/mol. The highest BCUT2D eigenvalue weighted by atomic mass is 35.5. The van der Waals surface area contributed by atoms with Crippen molar-refractivity contribution in [2.24, 2.45) is 4.99 Å². The Morgan fingerprint density at radius 1 is 1.38 bits per heavy atom. The SMILES string of the molecule is CCN1C(=O)/C(=C/c2cccc([N+](=O)[O-])c2)SC1=Nc1cccnc1Cl. The van der Waals surface area contributed by atoms with E-state index in [2.05, 4.69) is 9.98 Å². The predicted octanol–water partition coefficient (Wildman–Crippen LogP) is 4.27. The Labute approximate surface area is 158 Å². The van der Waals surface area contributed by atoms with E-state index < -0.39 is 4.92 Å². The molecule has 26 heavy (non-hydrogen) atoms. The summed E-state index contributed by atoms with van der Waals surface area (Å²) in [5.74, 6) is -0.206. The normalized spacial score (nSPS) is 17.3. The van der Waals surface area contributed by atoms with Gasteiger partial charge in [-0.15, -0.1) is 0 Å². The summed E-state index contributed by atoms with van der Waals surface area (Å²) in [6.45, 7) is 2.28. The largest absolute Gasteiger partial charge is 0.287 e. The number of rotatable bonds is 4. The van der Waals surface area contributed by atoms with Crippen molar-refractivity contribution < 1.29 is 9.72 Å². The second kappa shape index (κ2) is 7.67. The highest BCUT2D eigenvalue weighted by Gasteiger charge is 2.32. The molecular formula is C17H13ClN4O3S. The van der Waals surface area contributed by atoms with Gasteiger partial charge in [0.1, 0.15) is 5.69 Å². The van der Waals surface area contributed by atoms with Crippen molar-refractivity contribution >= 4 is 51.9 Å². The lowest BCUT2D eigenvalue weighted by molar-refractivity contribution is -0.384. The van der Waals surface area contributed by atoms with Gasteiger partial charge in [0.25, 0.3) is 11.6 Å². The summed E-state index contributed by atoms with van der Waals surface area (Å²) in [6, 6.07) is 9.53. The summed E-state index contributed by atoms with van der Waals surface area (Å²) in [5, 5.41) is 11.6. The van der Waals surface area contributed by atoms with Crippen LogP contribution in [0.2, 0.25) is 5.15 Å². The minimum atomic E-state index is -0.471. The van der Waals surface area contributed by atoms with Crippen LogP contribution in [0.3, 0.4) is 0 Å². The molecule has 1 aliphatic heterocycles. The summed E-state index contributed by atoms with van der Waals surface area (Å²) < 4.78 is 0. The van der Waals surface area contributed by atoms with E-state index in [0.717, 1.165) is 0 Å². The number of benzene rings is 1.